The highest BCUT2D eigenvalue weighted by atomic mass is 16.5. The molecule has 0 saturated carbocycles. The van der Waals surface area contributed by atoms with E-state index in [9.17, 15) is 9.59 Å². The van der Waals surface area contributed by atoms with Gasteiger partial charge in [-0.3, -0.25) is 9.59 Å². The van der Waals surface area contributed by atoms with Crippen LogP contribution in [0, 0.1) is 0 Å². The molecule has 6 heteroatoms. The third kappa shape index (κ3) is 3.10. The molecule has 2 aromatic carbocycles. The maximum atomic E-state index is 13.4. The Morgan fingerprint density at radius 1 is 1.10 bits per heavy atom. The number of nitrogens with one attached hydrogen (secondary N) is 1. The fraction of sp³-hybridized carbons (Fsp3) is 0.261. The first kappa shape index (κ1) is 17.7. The van der Waals surface area contributed by atoms with E-state index in [1.807, 2.05) is 48.5 Å². The fourth-order valence-corrected chi connectivity index (χ4v) is 4.29. The molecule has 1 aromatic heterocycles. The molecule has 0 bridgehead atoms. The van der Waals surface area contributed by atoms with Crippen LogP contribution in [0.25, 0.3) is 0 Å². The Balaban J connectivity index is 1.43. The van der Waals surface area contributed by atoms with Gasteiger partial charge in [0.1, 0.15) is 11.5 Å². The van der Waals surface area contributed by atoms with Gasteiger partial charge < -0.3 is 10.1 Å². The molecule has 1 unspecified atom stereocenters. The molecule has 146 valence electrons. The largest absolute Gasteiger partial charge is 0.457 e. The molecule has 6 nitrogen and oxygen atoms in total. The van der Waals surface area contributed by atoms with Gasteiger partial charge in [-0.15, -0.1) is 0 Å². The van der Waals surface area contributed by atoms with Crippen LogP contribution < -0.4 is 15.6 Å². The Bertz CT molecular complexity index is 1120. The number of para-hydroxylation sites is 2. The Labute approximate surface area is 168 Å². The van der Waals surface area contributed by atoms with E-state index in [-0.39, 0.29) is 17.5 Å². The summed E-state index contributed by atoms with van der Waals surface area (Å²) < 4.78 is 7.36. The maximum Gasteiger partial charge on any atom is 0.266 e. The van der Waals surface area contributed by atoms with Gasteiger partial charge in [-0.05, 0) is 37.0 Å². The number of aryl methyl sites for hydroxylation is 2. The molecule has 2 aliphatic rings. The van der Waals surface area contributed by atoms with Gasteiger partial charge in [0.15, 0.2) is 0 Å². The SMILES string of the molecule is Cn1nc2c(cc1=O)CC(NC(=O)C1c3ccccc3Oc3ccccc31)CC2. The predicted octanol–water partition coefficient (Wildman–Crippen LogP) is 2.69. The Hall–Kier alpha value is -3.41. The number of benzene rings is 2. The molecule has 1 aliphatic carbocycles. The van der Waals surface area contributed by atoms with E-state index in [4.69, 9.17) is 4.74 Å². The van der Waals surface area contributed by atoms with Crippen LogP contribution in [-0.2, 0) is 24.7 Å². The molecular formula is C23H21N3O3. The van der Waals surface area contributed by atoms with Gasteiger partial charge in [0, 0.05) is 30.3 Å². The van der Waals surface area contributed by atoms with Gasteiger partial charge in [-0.2, -0.15) is 5.10 Å². The average molecular weight is 387 g/mol. The van der Waals surface area contributed by atoms with Gasteiger partial charge in [0.25, 0.3) is 5.56 Å². The molecule has 0 fully saturated rings. The summed E-state index contributed by atoms with van der Waals surface area (Å²) in [6, 6.07) is 17.0. The van der Waals surface area contributed by atoms with Crippen molar-refractivity contribution in [3.8, 4) is 11.5 Å². The van der Waals surface area contributed by atoms with E-state index in [2.05, 4.69) is 10.4 Å². The van der Waals surface area contributed by atoms with Crippen LogP contribution in [0.2, 0.25) is 0 Å². The third-order valence-corrected chi connectivity index (χ3v) is 5.74. The van der Waals surface area contributed by atoms with E-state index < -0.39 is 5.92 Å². The van der Waals surface area contributed by atoms with Crippen molar-refractivity contribution in [2.24, 2.45) is 7.05 Å². The molecule has 1 amide bonds. The Morgan fingerprint density at radius 3 is 2.45 bits per heavy atom. The van der Waals surface area contributed by atoms with Crippen LogP contribution in [0.4, 0.5) is 0 Å². The fourth-order valence-electron chi connectivity index (χ4n) is 4.29. The minimum Gasteiger partial charge on any atom is -0.457 e. The summed E-state index contributed by atoms with van der Waals surface area (Å²) in [7, 11) is 1.66. The number of hydrogen-bond donors (Lipinski definition) is 1. The molecule has 0 saturated heterocycles. The van der Waals surface area contributed by atoms with E-state index in [1.54, 1.807) is 13.1 Å². The molecule has 1 N–H and O–H groups in total. The van der Waals surface area contributed by atoms with Crippen LogP contribution >= 0.6 is 0 Å². The van der Waals surface area contributed by atoms with Crippen LogP contribution in [0.3, 0.4) is 0 Å². The first-order valence-electron chi connectivity index (χ1n) is 9.82. The zero-order valence-electron chi connectivity index (χ0n) is 16.1. The molecule has 0 spiro atoms. The minimum absolute atomic E-state index is 0.0222. The zero-order chi connectivity index (χ0) is 20.0. The molecule has 0 radical (unpaired) electrons. The minimum atomic E-state index is -0.417. The molecule has 1 aliphatic heterocycles. The number of amides is 1. The lowest BCUT2D eigenvalue weighted by atomic mass is 9.86. The topological polar surface area (TPSA) is 73.2 Å². The number of hydrogen-bond acceptors (Lipinski definition) is 4. The molecule has 3 aromatic rings. The Kier molecular flexibility index (Phi) is 4.19. The van der Waals surface area contributed by atoms with E-state index in [0.29, 0.717) is 17.9 Å². The van der Waals surface area contributed by atoms with Crippen LogP contribution in [0.15, 0.2) is 59.4 Å². The average Bonchev–Trinajstić information content (AvgIpc) is 2.73. The van der Waals surface area contributed by atoms with Gasteiger partial charge in [0.05, 0.1) is 11.6 Å². The second-order valence-electron chi connectivity index (χ2n) is 7.64. The van der Waals surface area contributed by atoms with Crippen molar-refractivity contribution in [2.45, 2.75) is 31.2 Å². The number of carbonyl (C=O) groups is 1. The number of ether oxygens (including phenoxy) is 1. The summed E-state index contributed by atoms with van der Waals surface area (Å²) in [6.07, 6.45) is 2.17. The summed E-state index contributed by atoms with van der Waals surface area (Å²) in [6.45, 7) is 0. The molecule has 2 heterocycles. The number of carbonyl (C=O) groups excluding carboxylic acids is 1. The van der Waals surface area contributed by atoms with Crippen molar-refractivity contribution in [3.63, 3.8) is 0 Å². The number of nitrogens with zero attached hydrogens (tertiary/aromatic N) is 2. The smallest absolute Gasteiger partial charge is 0.266 e. The van der Waals surface area contributed by atoms with Gasteiger partial charge in [-0.25, -0.2) is 4.68 Å². The lowest BCUT2D eigenvalue weighted by Gasteiger charge is -2.30. The van der Waals surface area contributed by atoms with E-state index in [1.165, 1.54) is 4.68 Å². The standard InChI is InChI=1S/C23H21N3O3/c1-26-21(27)13-14-12-15(10-11-18(14)25-26)24-23(28)22-16-6-2-4-8-19(16)29-20-9-5-3-7-17(20)22/h2-9,13,15,22H,10-12H2,1H3,(H,24,28). The number of aromatic nitrogens is 2. The molecule has 29 heavy (non-hydrogen) atoms. The normalized spacial score (nSPS) is 17.5. The van der Waals surface area contributed by atoms with Gasteiger partial charge in [0.2, 0.25) is 5.91 Å². The maximum absolute atomic E-state index is 13.4. The summed E-state index contributed by atoms with van der Waals surface area (Å²) in [5, 5.41) is 7.57. The van der Waals surface area contributed by atoms with Gasteiger partial charge in [-0.1, -0.05) is 36.4 Å². The highest BCUT2D eigenvalue weighted by molar-refractivity contribution is 5.89. The zero-order valence-corrected chi connectivity index (χ0v) is 16.1. The molecule has 1 atom stereocenters. The monoisotopic (exact) mass is 387 g/mol. The second kappa shape index (κ2) is 6.88. The van der Waals surface area contributed by atoms with Gasteiger partial charge >= 0.3 is 0 Å². The highest BCUT2D eigenvalue weighted by Gasteiger charge is 2.34. The summed E-state index contributed by atoms with van der Waals surface area (Å²) in [4.78, 5) is 25.3. The molecular weight excluding hydrogens is 366 g/mol. The molecule has 5 rings (SSSR count). The third-order valence-electron chi connectivity index (χ3n) is 5.74. The first-order chi connectivity index (χ1) is 14.1. The lowest BCUT2D eigenvalue weighted by Crippen LogP contribution is -2.42. The first-order valence-corrected chi connectivity index (χ1v) is 9.82. The van der Waals surface area contributed by atoms with Crippen molar-refractivity contribution in [1.82, 2.24) is 15.1 Å². The van der Waals surface area contributed by atoms with Crippen molar-refractivity contribution in [3.05, 3.63) is 87.3 Å². The van der Waals surface area contributed by atoms with E-state index >= 15 is 0 Å². The van der Waals surface area contributed by atoms with Crippen LogP contribution in [-0.4, -0.2) is 21.7 Å². The lowest BCUT2D eigenvalue weighted by molar-refractivity contribution is -0.122. The van der Waals surface area contributed by atoms with Crippen molar-refractivity contribution < 1.29 is 9.53 Å². The van der Waals surface area contributed by atoms with Crippen LogP contribution in [0.1, 0.15) is 34.7 Å². The predicted molar refractivity (Wildman–Crippen MR) is 108 cm³/mol. The summed E-state index contributed by atoms with van der Waals surface area (Å²) in [5.41, 5.74) is 3.49. The highest BCUT2D eigenvalue weighted by Crippen LogP contribution is 2.44. The van der Waals surface area contributed by atoms with Crippen molar-refractivity contribution >= 4 is 5.91 Å². The van der Waals surface area contributed by atoms with E-state index in [0.717, 1.165) is 35.2 Å². The number of rotatable bonds is 2. The number of fused-ring (bicyclic) bond motifs is 3. The van der Waals surface area contributed by atoms with Crippen molar-refractivity contribution in [1.29, 1.82) is 0 Å². The second-order valence-corrected chi connectivity index (χ2v) is 7.64. The van der Waals surface area contributed by atoms with Crippen LogP contribution in [0.5, 0.6) is 11.5 Å². The quantitative estimate of drug-likeness (QED) is 0.734. The summed E-state index contributed by atoms with van der Waals surface area (Å²) in [5.74, 6) is 0.971. The Morgan fingerprint density at radius 2 is 1.76 bits per heavy atom. The van der Waals surface area contributed by atoms with Crippen molar-refractivity contribution in [2.75, 3.05) is 0 Å². The summed E-state index contributed by atoms with van der Waals surface area (Å²) >= 11 is 0.